The van der Waals surface area contributed by atoms with Gasteiger partial charge < -0.3 is 4.42 Å². The van der Waals surface area contributed by atoms with E-state index in [1.165, 1.54) is 18.4 Å². The lowest BCUT2D eigenvalue weighted by Gasteiger charge is -2.26. The minimum absolute atomic E-state index is 0.0503. The summed E-state index contributed by atoms with van der Waals surface area (Å²) < 4.78 is 68.8. The second-order valence-electron chi connectivity index (χ2n) is 5.64. The summed E-state index contributed by atoms with van der Waals surface area (Å²) in [6.07, 6.45) is 1.65. The van der Waals surface area contributed by atoms with Crippen molar-refractivity contribution in [3.8, 4) is 0 Å². The number of sulfonamides is 1. The fourth-order valence-electron chi connectivity index (χ4n) is 2.71. The van der Waals surface area contributed by atoms with Crippen molar-refractivity contribution in [1.82, 2.24) is 4.31 Å². The Morgan fingerprint density at radius 2 is 1.92 bits per heavy atom. The number of hydrogen-bond acceptors (Lipinski definition) is 5. The van der Waals surface area contributed by atoms with E-state index in [0.717, 1.165) is 16.4 Å². The van der Waals surface area contributed by atoms with Crippen LogP contribution in [0.15, 0.2) is 52.0 Å². The zero-order valence-corrected chi connectivity index (χ0v) is 14.3. The highest BCUT2D eigenvalue weighted by Gasteiger charge is 2.39. The molecule has 0 N–H and O–H groups in total. The van der Waals surface area contributed by atoms with Crippen molar-refractivity contribution in [2.75, 3.05) is 11.5 Å². The molecule has 0 aliphatic carbocycles. The van der Waals surface area contributed by atoms with Crippen molar-refractivity contribution < 1.29 is 25.6 Å². The maximum atomic E-state index is 13.1. The first-order valence-corrected chi connectivity index (χ1v) is 10.5. The van der Waals surface area contributed by atoms with Crippen LogP contribution in [-0.4, -0.2) is 38.7 Å². The number of sulfone groups is 1. The normalized spacial score (nSPS) is 20.5. The lowest BCUT2D eigenvalue weighted by Crippen LogP contribution is -2.40. The molecule has 1 aliphatic heterocycles. The summed E-state index contributed by atoms with van der Waals surface area (Å²) in [5, 5.41) is 0. The van der Waals surface area contributed by atoms with Crippen molar-refractivity contribution in [2.45, 2.75) is 23.9 Å². The van der Waals surface area contributed by atoms with Gasteiger partial charge in [0, 0.05) is 6.04 Å². The van der Waals surface area contributed by atoms with Gasteiger partial charge in [-0.15, -0.1) is 0 Å². The minimum Gasteiger partial charge on any atom is -0.468 e. The number of benzene rings is 1. The van der Waals surface area contributed by atoms with Gasteiger partial charge in [0.15, 0.2) is 9.84 Å². The lowest BCUT2D eigenvalue weighted by atomic mass is 10.2. The number of rotatable bonds is 5. The summed E-state index contributed by atoms with van der Waals surface area (Å²) in [4.78, 5) is -0.0836. The zero-order valence-electron chi connectivity index (χ0n) is 12.6. The monoisotopic (exact) mass is 373 g/mol. The molecular formula is C15H16FNO5S2. The van der Waals surface area contributed by atoms with Crippen molar-refractivity contribution in [3.63, 3.8) is 0 Å². The highest BCUT2D eigenvalue weighted by atomic mass is 32.2. The highest BCUT2D eigenvalue weighted by molar-refractivity contribution is 7.92. The molecule has 2 heterocycles. The Kier molecular flexibility index (Phi) is 4.50. The van der Waals surface area contributed by atoms with E-state index < -0.39 is 31.7 Å². The van der Waals surface area contributed by atoms with Crippen molar-refractivity contribution in [1.29, 1.82) is 0 Å². The molecule has 130 valence electrons. The third-order valence-corrected chi connectivity index (χ3v) is 7.59. The molecule has 1 saturated heterocycles. The van der Waals surface area contributed by atoms with Crippen LogP contribution in [0, 0.1) is 5.82 Å². The quantitative estimate of drug-likeness (QED) is 0.798. The first kappa shape index (κ1) is 17.1. The molecule has 3 rings (SSSR count). The Morgan fingerprint density at radius 3 is 2.46 bits per heavy atom. The Hall–Kier alpha value is -1.71. The fraction of sp³-hybridized carbons (Fsp3) is 0.333. The topological polar surface area (TPSA) is 84.7 Å². The third-order valence-electron chi connectivity index (χ3n) is 3.93. The van der Waals surface area contributed by atoms with Crippen LogP contribution in [0.5, 0.6) is 0 Å². The van der Waals surface area contributed by atoms with Gasteiger partial charge >= 0.3 is 0 Å². The predicted molar refractivity (Wildman–Crippen MR) is 84.9 cm³/mol. The Bertz CT molecular complexity index is 905. The number of nitrogens with zero attached hydrogens (tertiary/aromatic N) is 1. The maximum Gasteiger partial charge on any atom is 0.243 e. The van der Waals surface area contributed by atoms with Gasteiger partial charge in [-0.25, -0.2) is 21.2 Å². The summed E-state index contributed by atoms with van der Waals surface area (Å²) in [6, 6.07) is 7.04. The molecule has 2 aromatic rings. The molecule has 1 atom stereocenters. The van der Waals surface area contributed by atoms with Gasteiger partial charge in [-0.1, -0.05) is 0 Å². The number of halogens is 1. The molecule has 0 spiro atoms. The van der Waals surface area contributed by atoms with Crippen molar-refractivity contribution >= 4 is 19.9 Å². The van der Waals surface area contributed by atoms with Crippen LogP contribution in [0.1, 0.15) is 12.2 Å². The summed E-state index contributed by atoms with van der Waals surface area (Å²) in [5.41, 5.74) is 0. The van der Waals surface area contributed by atoms with Gasteiger partial charge in [0.1, 0.15) is 11.6 Å². The average Bonchev–Trinajstić information content (AvgIpc) is 3.14. The van der Waals surface area contributed by atoms with Gasteiger partial charge in [-0.05, 0) is 42.8 Å². The van der Waals surface area contributed by atoms with Crippen LogP contribution in [0.3, 0.4) is 0 Å². The van der Waals surface area contributed by atoms with E-state index in [1.807, 2.05) is 0 Å². The molecule has 24 heavy (non-hydrogen) atoms. The first-order valence-electron chi connectivity index (χ1n) is 7.28. The molecule has 1 aliphatic rings. The smallest absolute Gasteiger partial charge is 0.243 e. The van der Waals surface area contributed by atoms with Crippen LogP contribution >= 0.6 is 0 Å². The molecule has 0 unspecified atom stereocenters. The van der Waals surface area contributed by atoms with Crippen LogP contribution < -0.4 is 0 Å². The van der Waals surface area contributed by atoms with Crippen molar-refractivity contribution in [3.05, 3.63) is 54.2 Å². The summed E-state index contributed by atoms with van der Waals surface area (Å²) in [5.74, 6) is -0.417. The van der Waals surface area contributed by atoms with Gasteiger partial charge in [0.2, 0.25) is 10.0 Å². The Labute approximate surface area is 139 Å². The molecule has 6 nitrogen and oxygen atoms in total. The molecule has 0 radical (unpaired) electrons. The second kappa shape index (κ2) is 6.30. The van der Waals surface area contributed by atoms with E-state index in [4.69, 9.17) is 4.42 Å². The van der Waals surface area contributed by atoms with E-state index in [1.54, 1.807) is 12.1 Å². The second-order valence-corrected chi connectivity index (χ2v) is 9.76. The highest BCUT2D eigenvalue weighted by Crippen LogP contribution is 2.27. The maximum absolute atomic E-state index is 13.1. The molecule has 1 aromatic heterocycles. The van der Waals surface area contributed by atoms with Gasteiger partial charge in [-0.2, -0.15) is 4.31 Å². The molecule has 0 bridgehead atoms. The summed E-state index contributed by atoms with van der Waals surface area (Å²) in [7, 11) is -7.25. The SMILES string of the molecule is O=S1(=O)CC[C@@H](N(Cc2ccco2)S(=O)(=O)c2ccc(F)cc2)C1. The van der Waals surface area contributed by atoms with Crippen LogP contribution in [0.4, 0.5) is 4.39 Å². The number of furan rings is 1. The van der Waals surface area contributed by atoms with Gasteiger partial charge in [0.25, 0.3) is 0 Å². The summed E-state index contributed by atoms with van der Waals surface area (Å²) in [6.45, 7) is -0.0765. The fourth-order valence-corrected chi connectivity index (χ4v) is 6.16. The Balaban J connectivity index is 1.98. The lowest BCUT2D eigenvalue weighted by molar-refractivity contribution is 0.307. The van der Waals surface area contributed by atoms with E-state index in [0.29, 0.717) is 5.76 Å². The molecule has 1 aromatic carbocycles. The average molecular weight is 373 g/mol. The molecule has 9 heteroatoms. The predicted octanol–water partition coefficient (Wildman–Crippen LogP) is 1.80. The summed E-state index contributed by atoms with van der Waals surface area (Å²) >= 11 is 0. The van der Waals surface area contributed by atoms with Crippen LogP contribution in [-0.2, 0) is 26.4 Å². The van der Waals surface area contributed by atoms with E-state index in [-0.39, 0.29) is 29.4 Å². The van der Waals surface area contributed by atoms with Crippen molar-refractivity contribution in [2.24, 2.45) is 0 Å². The zero-order chi connectivity index (χ0) is 17.4. The van der Waals surface area contributed by atoms with Gasteiger partial charge in [-0.3, -0.25) is 0 Å². The first-order chi connectivity index (χ1) is 11.3. The number of hydrogen-bond donors (Lipinski definition) is 0. The van der Waals surface area contributed by atoms with E-state index >= 15 is 0 Å². The minimum atomic E-state index is -3.99. The standard InChI is InChI=1S/C15H16FNO5S2/c16-12-3-5-15(6-4-12)24(20,21)17(10-14-2-1-8-22-14)13-7-9-23(18,19)11-13/h1-6,8,13H,7,9-11H2/t13-/m1/s1. The molecule has 0 amide bonds. The largest absolute Gasteiger partial charge is 0.468 e. The van der Waals surface area contributed by atoms with Crippen LogP contribution in [0.2, 0.25) is 0 Å². The van der Waals surface area contributed by atoms with Crippen LogP contribution in [0.25, 0.3) is 0 Å². The van der Waals surface area contributed by atoms with E-state index in [2.05, 4.69) is 0 Å². The molecule has 0 saturated carbocycles. The third kappa shape index (κ3) is 3.52. The Morgan fingerprint density at radius 1 is 1.21 bits per heavy atom. The van der Waals surface area contributed by atoms with Gasteiger partial charge in [0.05, 0.1) is 29.2 Å². The molecule has 1 fully saturated rings. The molecular weight excluding hydrogens is 357 g/mol. The van der Waals surface area contributed by atoms with E-state index in [9.17, 15) is 21.2 Å².